The Hall–Kier alpha value is -2.08. The van der Waals surface area contributed by atoms with Crippen LogP contribution in [0.15, 0.2) is 18.2 Å². The zero-order valence-corrected chi connectivity index (χ0v) is 12.7. The number of piperidine rings is 1. The molecule has 22 heavy (non-hydrogen) atoms. The van der Waals surface area contributed by atoms with Crippen LogP contribution in [0.5, 0.6) is 5.75 Å². The number of hydrogen-bond donors (Lipinski definition) is 2. The number of amides is 2. The molecule has 2 aliphatic heterocycles. The second kappa shape index (κ2) is 6.36. The van der Waals surface area contributed by atoms with Crippen LogP contribution < -0.4 is 15.4 Å². The molecule has 3 rings (SSSR count). The Morgan fingerprint density at radius 1 is 1.41 bits per heavy atom. The quantitative estimate of drug-likeness (QED) is 0.877. The van der Waals surface area contributed by atoms with Crippen molar-refractivity contribution in [3.05, 3.63) is 23.8 Å². The summed E-state index contributed by atoms with van der Waals surface area (Å²) in [6.07, 6.45) is 2.05. The molecule has 2 heterocycles. The lowest BCUT2D eigenvalue weighted by Gasteiger charge is -2.32. The van der Waals surface area contributed by atoms with Gasteiger partial charge in [-0.2, -0.15) is 0 Å². The summed E-state index contributed by atoms with van der Waals surface area (Å²) in [4.78, 5) is 25.8. The van der Waals surface area contributed by atoms with Gasteiger partial charge in [0.05, 0.1) is 5.69 Å². The van der Waals surface area contributed by atoms with Crippen molar-refractivity contribution in [1.29, 1.82) is 0 Å². The van der Waals surface area contributed by atoms with E-state index in [1.165, 1.54) is 0 Å². The van der Waals surface area contributed by atoms with Crippen LogP contribution in [0, 0.1) is 5.92 Å². The molecule has 2 aliphatic rings. The number of carbonyl (C=O) groups excluding carboxylic acids is 2. The molecular formula is C16H21N3O3. The molecule has 0 unspecified atom stereocenters. The first-order valence-corrected chi connectivity index (χ1v) is 7.68. The predicted molar refractivity (Wildman–Crippen MR) is 83.1 cm³/mol. The monoisotopic (exact) mass is 303 g/mol. The molecule has 2 N–H and O–H groups in total. The van der Waals surface area contributed by atoms with Crippen molar-refractivity contribution in [1.82, 2.24) is 10.2 Å². The molecule has 6 heteroatoms. The molecule has 0 bridgehead atoms. The topological polar surface area (TPSA) is 70.7 Å². The van der Waals surface area contributed by atoms with Crippen molar-refractivity contribution < 1.29 is 14.3 Å². The lowest BCUT2D eigenvalue weighted by atomic mass is 9.96. The smallest absolute Gasteiger partial charge is 0.262 e. The standard InChI is InChI=1S/C16H21N3O3/c1-17-9-11-4-6-19(7-5-11)16(21)12-2-3-14-13(8-12)18-15(20)10-22-14/h2-3,8,11,17H,4-7,9-10H2,1H3,(H,18,20). The number of nitrogens with zero attached hydrogens (tertiary/aromatic N) is 1. The van der Waals surface area contributed by atoms with E-state index in [0.29, 0.717) is 22.9 Å². The van der Waals surface area contributed by atoms with E-state index in [-0.39, 0.29) is 18.4 Å². The fraction of sp³-hybridized carbons (Fsp3) is 0.500. The van der Waals surface area contributed by atoms with Crippen LogP contribution in [0.3, 0.4) is 0 Å². The summed E-state index contributed by atoms with van der Waals surface area (Å²) in [5, 5.41) is 5.93. The van der Waals surface area contributed by atoms with Gasteiger partial charge < -0.3 is 20.3 Å². The molecule has 1 saturated heterocycles. The van der Waals surface area contributed by atoms with Crippen molar-refractivity contribution in [2.75, 3.05) is 38.6 Å². The lowest BCUT2D eigenvalue weighted by molar-refractivity contribution is -0.118. The van der Waals surface area contributed by atoms with Crippen molar-refractivity contribution in [2.24, 2.45) is 5.92 Å². The fourth-order valence-electron chi connectivity index (χ4n) is 3.03. The second-order valence-corrected chi connectivity index (χ2v) is 5.84. The fourth-order valence-corrected chi connectivity index (χ4v) is 3.03. The van der Waals surface area contributed by atoms with Gasteiger partial charge in [-0.1, -0.05) is 0 Å². The van der Waals surface area contributed by atoms with Crippen LogP contribution >= 0.6 is 0 Å². The van der Waals surface area contributed by atoms with Gasteiger partial charge in [0.1, 0.15) is 5.75 Å². The van der Waals surface area contributed by atoms with Crippen LogP contribution in [-0.2, 0) is 4.79 Å². The largest absolute Gasteiger partial charge is 0.482 e. The van der Waals surface area contributed by atoms with Gasteiger partial charge in [0.15, 0.2) is 6.61 Å². The number of rotatable bonds is 3. The van der Waals surface area contributed by atoms with Crippen molar-refractivity contribution in [2.45, 2.75) is 12.8 Å². The molecule has 0 radical (unpaired) electrons. The molecule has 6 nitrogen and oxygen atoms in total. The maximum Gasteiger partial charge on any atom is 0.262 e. The zero-order valence-electron chi connectivity index (χ0n) is 12.7. The van der Waals surface area contributed by atoms with Crippen LogP contribution in [0.25, 0.3) is 0 Å². The summed E-state index contributed by atoms with van der Waals surface area (Å²) in [7, 11) is 1.96. The van der Waals surface area contributed by atoms with Gasteiger partial charge >= 0.3 is 0 Å². The van der Waals surface area contributed by atoms with Gasteiger partial charge in [0.25, 0.3) is 11.8 Å². The molecular weight excluding hydrogens is 282 g/mol. The van der Waals surface area contributed by atoms with Crippen LogP contribution in [0.4, 0.5) is 5.69 Å². The first-order valence-electron chi connectivity index (χ1n) is 7.68. The highest BCUT2D eigenvalue weighted by atomic mass is 16.5. The Balaban J connectivity index is 1.68. The Bertz CT molecular complexity index is 580. The zero-order chi connectivity index (χ0) is 15.5. The maximum atomic E-state index is 12.6. The van der Waals surface area contributed by atoms with E-state index in [2.05, 4.69) is 10.6 Å². The number of hydrogen-bond acceptors (Lipinski definition) is 4. The Kier molecular flexibility index (Phi) is 4.29. The van der Waals surface area contributed by atoms with E-state index in [4.69, 9.17) is 4.74 Å². The third-order valence-corrected chi connectivity index (χ3v) is 4.25. The SMILES string of the molecule is CNCC1CCN(C(=O)c2ccc3c(c2)NC(=O)CO3)CC1. The third-order valence-electron chi connectivity index (χ3n) is 4.25. The first-order chi connectivity index (χ1) is 10.7. The first kappa shape index (κ1) is 14.8. The van der Waals surface area contributed by atoms with E-state index >= 15 is 0 Å². The number of carbonyl (C=O) groups is 2. The minimum Gasteiger partial charge on any atom is -0.482 e. The summed E-state index contributed by atoms with van der Waals surface area (Å²) >= 11 is 0. The summed E-state index contributed by atoms with van der Waals surface area (Å²) in [5.41, 5.74) is 1.17. The Labute approximate surface area is 129 Å². The number of benzene rings is 1. The molecule has 1 aromatic rings. The number of likely N-dealkylation sites (tertiary alicyclic amines) is 1. The number of fused-ring (bicyclic) bond motifs is 1. The molecule has 0 saturated carbocycles. The van der Waals surface area contributed by atoms with Gasteiger partial charge in [-0.25, -0.2) is 0 Å². The van der Waals surface area contributed by atoms with Crippen LogP contribution in [0.1, 0.15) is 23.2 Å². The minimum absolute atomic E-state index is 0.0190. The molecule has 1 fully saturated rings. The molecule has 2 amide bonds. The average molecular weight is 303 g/mol. The summed E-state index contributed by atoms with van der Waals surface area (Å²) in [6.45, 7) is 2.60. The molecule has 1 aromatic carbocycles. The van der Waals surface area contributed by atoms with Gasteiger partial charge in [0, 0.05) is 18.7 Å². The molecule has 0 aromatic heterocycles. The van der Waals surface area contributed by atoms with E-state index in [1.54, 1.807) is 18.2 Å². The highest BCUT2D eigenvalue weighted by Gasteiger charge is 2.24. The Morgan fingerprint density at radius 3 is 2.91 bits per heavy atom. The van der Waals surface area contributed by atoms with Gasteiger partial charge in [-0.3, -0.25) is 9.59 Å². The van der Waals surface area contributed by atoms with Crippen molar-refractivity contribution in [3.8, 4) is 5.75 Å². The van der Waals surface area contributed by atoms with Gasteiger partial charge in [-0.15, -0.1) is 0 Å². The summed E-state index contributed by atoms with van der Waals surface area (Å²) < 4.78 is 5.31. The second-order valence-electron chi connectivity index (χ2n) is 5.84. The predicted octanol–water partition coefficient (Wildman–Crippen LogP) is 1.09. The highest BCUT2D eigenvalue weighted by molar-refractivity contribution is 5.99. The van der Waals surface area contributed by atoms with E-state index < -0.39 is 0 Å². The van der Waals surface area contributed by atoms with Gasteiger partial charge in [0.2, 0.25) is 0 Å². The molecule has 0 aliphatic carbocycles. The minimum atomic E-state index is -0.190. The van der Waals surface area contributed by atoms with Crippen LogP contribution in [0.2, 0.25) is 0 Å². The van der Waals surface area contributed by atoms with Crippen molar-refractivity contribution in [3.63, 3.8) is 0 Å². The number of anilines is 1. The number of nitrogens with one attached hydrogen (secondary N) is 2. The van der Waals surface area contributed by atoms with E-state index in [0.717, 1.165) is 32.5 Å². The van der Waals surface area contributed by atoms with Crippen LogP contribution in [-0.4, -0.2) is 50.0 Å². The summed E-state index contributed by atoms with van der Waals surface area (Å²) in [6, 6.07) is 5.21. The van der Waals surface area contributed by atoms with Gasteiger partial charge in [-0.05, 0) is 50.6 Å². The van der Waals surface area contributed by atoms with E-state index in [1.807, 2.05) is 11.9 Å². The lowest BCUT2D eigenvalue weighted by Crippen LogP contribution is -2.40. The Morgan fingerprint density at radius 2 is 2.18 bits per heavy atom. The number of ether oxygens (including phenoxy) is 1. The average Bonchev–Trinajstić information content (AvgIpc) is 2.54. The normalized spacial score (nSPS) is 18.4. The summed E-state index contributed by atoms with van der Waals surface area (Å²) in [5.74, 6) is 1.09. The molecule has 0 spiro atoms. The van der Waals surface area contributed by atoms with Crippen molar-refractivity contribution >= 4 is 17.5 Å². The van der Waals surface area contributed by atoms with E-state index in [9.17, 15) is 9.59 Å². The third kappa shape index (κ3) is 3.06. The molecule has 118 valence electrons. The molecule has 0 atom stereocenters. The maximum absolute atomic E-state index is 12.6. The highest BCUT2D eigenvalue weighted by Crippen LogP contribution is 2.29.